The summed E-state index contributed by atoms with van der Waals surface area (Å²) in [6, 6.07) is 10.2. The number of hydrogen-bond acceptors (Lipinski definition) is 2. The molecule has 0 unspecified atom stereocenters. The maximum atomic E-state index is 13.2. The van der Waals surface area contributed by atoms with Crippen LogP contribution in [-0.4, -0.2) is 11.8 Å². The minimum atomic E-state index is -1.17. The molecule has 0 aromatic heterocycles. The summed E-state index contributed by atoms with van der Waals surface area (Å²) in [5.74, 6) is -1.39. The summed E-state index contributed by atoms with van der Waals surface area (Å²) in [5.41, 5.74) is -0.517. The number of benzene rings is 2. The summed E-state index contributed by atoms with van der Waals surface area (Å²) >= 11 is 11.9. The van der Waals surface area contributed by atoms with E-state index < -0.39 is 23.0 Å². The molecule has 0 bridgehead atoms. The number of carbonyl (C=O) groups excluding carboxylic acids is 2. The fourth-order valence-corrected chi connectivity index (χ4v) is 2.67. The molecule has 1 saturated carbocycles. The fraction of sp³-hybridized carbons (Fsp3) is 0.176. The van der Waals surface area contributed by atoms with Crippen LogP contribution in [0.25, 0.3) is 0 Å². The Balaban J connectivity index is 1.74. The minimum Gasteiger partial charge on any atom is -0.325 e. The zero-order chi connectivity index (χ0) is 17.3. The Kier molecular flexibility index (Phi) is 4.47. The molecule has 0 spiro atoms. The van der Waals surface area contributed by atoms with Gasteiger partial charge in [-0.2, -0.15) is 0 Å². The second-order valence-corrected chi connectivity index (χ2v) is 6.47. The van der Waals surface area contributed by atoms with Gasteiger partial charge >= 0.3 is 0 Å². The Bertz CT molecular complexity index is 822. The van der Waals surface area contributed by atoms with Gasteiger partial charge < -0.3 is 10.6 Å². The highest BCUT2D eigenvalue weighted by Gasteiger charge is 2.56. The van der Waals surface area contributed by atoms with E-state index >= 15 is 0 Å². The summed E-state index contributed by atoms with van der Waals surface area (Å²) in [4.78, 5) is 24.9. The van der Waals surface area contributed by atoms with Crippen LogP contribution in [0.4, 0.5) is 15.8 Å². The van der Waals surface area contributed by atoms with Crippen LogP contribution in [0.3, 0.4) is 0 Å². The molecule has 0 heterocycles. The monoisotopic (exact) mass is 366 g/mol. The van der Waals surface area contributed by atoms with Crippen LogP contribution >= 0.6 is 23.2 Å². The normalized spacial score (nSPS) is 14.8. The number of hydrogen-bond donors (Lipinski definition) is 2. The smallest absolute Gasteiger partial charge is 0.240 e. The molecule has 2 aromatic carbocycles. The molecule has 7 heteroatoms. The maximum Gasteiger partial charge on any atom is 0.240 e. The first-order valence-corrected chi connectivity index (χ1v) is 8.00. The zero-order valence-electron chi connectivity index (χ0n) is 12.4. The van der Waals surface area contributed by atoms with Gasteiger partial charge in [-0.15, -0.1) is 0 Å². The number of rotatable bonds is 4. The van der Waals surface area contributed by atoms with Crippen LogP contribution in [0, 0.1) is 11.2 Å². The van der Waals surface area contributed by atoms with Crippen molar-refractivity contribution in [3.8, 4) is 0 Å². The van der Waals surface area contributed by atoms with E-state index in [0.717, 1.165) is 0 Å². The molecule has 1 aliphatic carbocycles. The fourth-order valence-electron chi connectivity index (χ4n) is 2.33. The molecule has 2 N–H and O–H groups in total. The molecule has 124 valence electrons. The van der Waals surface area contributed by atoms with Crippen molar-refractivity contribution in [3.63, 3.8) is 0 Å². The van der Waals surface area contributed by atoms with Gasteiger partial charge in [-0.25, -0.2) is 4.39 Å². The minimum absolute atomic E-state index is 0.305. The summed E-state index contributed by atoms with van der Waals surface area (Å²) in [6.45, 7) is 0. The average molecular weight is 367 g/mol. The molecular weight excluding hydrogens is 354 g/mol. The number of halogens is 3. The predicted molar refractivity (Wildman–Crippen MR) is 91.8 cm³/mol. The molecule has 0 saturated heterocycles. The summed E-state index contributed by atoms with van der Waals surface area (Å²) < 4.78 is 13.2. The highest BCUT2D eigenvalue weighted by Crippen LogP contribution is 2.48. The molecule has 2 aromatic rings. The van der Waals surface area contributed by atoms with E-state index in [1.165, 1.54) is 24.3 Å². The molecule has 4 nitrogen and oxygen atoms in total. The number of amides is 2. The SMILES string of the molecule is O=C(Nc1cccc(F)c1)C1(C(=O)Nc2cc(Cl)ccc2Cl)CC1. The van der Waals surface area contributed by atoms with Crippen LogP contribution in [0.1, 0.15) is 12.8 Å². The van der Waals surface area contributed by atoms with E-state index in [4.69, 9.17) is 23.2 Å². The first kappa shape index (κ1) is 16.7. The summed E-state index contributed by atoms with van der Waals surface area (Å²) in [6.07, 6.45) is 0.830. The van der Waals surface area contributed by atoms with E-state index in [-0.39, 0.29) is 0 Å². The predicted octanol–water partition coefficient (Wildman–Crippen LogP) is 4.49. The van der Waals surface area contributed by atoms with E-state index in [9.17, 15) is 14.0 Å². The third kappa shape index (κ3) is 3.37. The number of carbonyl (C=O) groups is 2. The third-order valence-electron chi connectivity index (χ3n) is 3.88. The van der Waals surface area contributed by atoms with Gasteiger partial charge in [0.15, 0.2) is 0 Å². The van der Waals surface area contributed by atoms with Gasteiger partial charge in [-0.1, -0.05) is 29.3 Å². The van der Waals surface area contributed by atoms with Crippen LogP contribution in [0.2, 0.25) is 10.0 Å². The number of nitrogens with one attached hydrogen (secondary N) is 2. The standard InChI is InChI=1S/C17H13Cl2FN2O2/c18-10-4-5-13(19)14(8-10)22-16(24)17(6-7-17)15(23)21-12-3-1-2-11(20)9-12/h1-5,8-9H,6-7H2,(H,21,23)(H,22,24). The third-order valence-corrected chi connectivity index (χ3v) is 4.44. The lowest BCUT2D eigenvalue weighted by molar-refractivity contribution is -0.131. The number of anilines is 2. The topological polar surface area (TPSA) is 58.2 Å². The van der Waals surface area contributed by atoms with Crippen LogP contribution in [0.15, 0.2) is 42.5 Å². The van der Waals surface area contributed by atoms with E-state index in [2.05, 4.69) is 10.6 Å². The summed E-state index contributed by atoms with van der Waals surface area (Å²) in [5, 5.41) is 5.97. The van der Waals surface area contributed by atoms with E-state index in [1.54, 1.807) is 18.2 Å². The van der Waals surface area contributed by atoms with Crippen molar-refractivity contribution in [2.24, 2.45) is 5.41 Å². The summed E-state index contributed by atoms with van der Waals surface area (Å²) in [7, 11) is 0. The van der Waals surface area contributed by atoms with Gasteiger partial charge in [0.25, 0.3) is 0 Å². The Morgan fingerprint density at radius 1 is 1.00 bits per heavy atom. The first-order chi connectivity index (χ1) is 11.4. The molecule has 2 amide bonds. The van der Waals surface area contributed by atoms with Crippen molar-refractivity contribution < 1.29 is 14.0 Å². The molecule has 3 rings (SSSR count). The molecule has 1 fully saturated rings. The van der Waals surface area contributed by atoms with E-state index in [0.29, 0.717) is 34.3 Å². The van der Waals surface area contributed by atoms with Crippen LogP contribution in [-0.2, 0) is 9.59 Å². The highest BCUT2D eigenvalue weighted by molar-refractivity contribution is 6.36. The van der Waals surface area contributed by atoms with Gasteiger partial charge in [0, 0.05) is 10.7 Å². The average Bonchev–Trinajstić information content (AvgIpc) is 3.33. The van der Waals surface area contributed by atoms with Gasteiger partial charge in [0.2, 0.25) is 11.8 Å². The van der Waals surface area contributed by atoms with Crippen molar-refractivity contribution in [3.05, 3.63) is 58.3 Å². The molecule has 0 atom stereocenters. The zero-order valence-corrected chi connectivity index (χ0v) is 13.9. The van der Waals surface area contributed by atoms with Gasteiger partial charge in [0.1, 0.15) is 11.2 Å². The van der Waals surface area contributed by atoms with Gasteiger partial charge in [0.05, 0.1) is 10.7 Å². The van der Waals surface area contributed by atoms with Crippen molar-refractivity contribution in [2.75, 3.05) is 10.6 Å². The molecule has 1 aliphatic rings. The Morgan fingerprint density at radius 2 is 1.71 bits per heavy atom. The van der Waals surface area contributed by atoms with Gasteiger partial charge in [-0.3, -0.25) is 9.59 Å². The molecule has 0 aliphatic heterocycles. The van der Waals surface area contributed by atoms with Crippen molar-refractivity contribution >= 4 is 46.4 Å². The molecule has 0 radical (unpaired) electrons. The molecular formula is C17H13Cl2FN2O2. The van der Waals surface area contributed by atoms with Crippen LogP contribution < -0.4 is 10.6 Å². The van der Waals surface area contributed by atoms with E-state index in [1.807, 2.05) is 0 Å². The Morgan fingerprint density at radius 3 is 2.38 bits per heavy atom. The Labute approximate surface area is 148 Å². The van der Waals surface area contributed by atoms with Crippen molar-refractivity contribution in [1.82, 2.24) is 0 Å². The Hall–Kier alpha value is -2.11. The van der Waals surface area contributed by atoms with Crippen molar-refractivity contribution in [1.29, 1.82) is 0 Å². The largest absolute Gasteiger partial charge is 0.325 e. The lowest BCUT2D eigenvalue weighted by Gasteiger charge is -2.16. The first-order valence-electron chi connectivity index (χ1n) is 7.24. The maximum absolute atomic E-state index is 13.2. The quantitative estimate of drug-likeness (QED) is 0.783. The lowest BCUT2D eigenvalue weighted by Crippen LogP contribution is -2.35. The van der Waals surface area contributed by atoms with Crippen molar-refractivity contribution in [2.45, 2.75) is 12.8 Å². The van der Waals surface area contributed by atoms with Gasteiger partial charge in [-0.05, 0) is 49.2 Å². The van der Waals surface area contributed by atoms with Crippen LogP contribution in [0.5, 0.6) is 0 Å². The highest BCUT2D eigenvalue weighted by atomic mass is 35.5. The molecule has 24 heavy (non-hydrogen) atoms. The lowest BCUT2D eigenvalue weighted by atomic mass is 10.0. The second-order valence-electron chi connectivity index (χ2n) is 5.62. The second kappa shape index (κ2) is 6.42.